The molecule has 3 heterocycles. The number of nitrogens with one attached hydrogen (secondary N) is 1. The van der Waals surface area contributed by atoms with E-state index in [-0.39, 0.29) is 18.4 Å². The van der Waals surface area contributed by atoms with Crippen molar-refractivity contribution in [1.82, 2.24) is 15.2 Å². The number of hydrogen-bond donors (Lipinski definition) is 1. The zero-order valence-electron chi connectivity index (χ0n) is 21.4. The summed E-state index contributed by atoms with van der Waals surface area (Å²) in [5.41, 5.74) is 0.721. The van der Waals surface area contributed by atoms with Crippen LogP contribution in [0.25, 0.3) is 0 Å². The number of halogens is 1. The number of hydrogen-bond acceptors (Lipinski definition) is 6. The number of pyridine rings is 1. The van der Waals surface area contributed by atoms with Crippen molar-refractivity contribution < 1.29 is 18.7 Å². The van der Waals surface area contributed by atoms with Gasteiger partial charge in [0.25, 0.3) is 5.91 Å². The van der Waals surface area contributed by atoms with E-state index in [1.807, 2.05) is 6.07 Å². The summed E-state index contributed by atoms with van der Waals surface area (Å²) in [4.78, 5) is 32.5. The number of carbonyl (C=O) groups is 2. The molecule has 0 spiro atoms. The van der Waals surface area contributed by atoms with Crippen molar-refractivity contribution in [3.8, 4) is 12.3 Å². The Labute approximate surface area is 212 Å². The minimum Gasteiger partial charge on any atom is -0.381 e. The van der Waals surface area contributed by atoms with Gasteiger partial charge < -0.3 is 15.0 Å². The van der Waals surface area contributed by atoms with Gasteiger partial charge in [0.15, 0.2) is 11.5 Å². The SMILES string of the molecule is C#CCCC1(CCN(C(=O)/C(F)=C/C)C(C(=O)NCC2CCOC2)c2ccc(CC(C)C)nc2)N=N1. The molecule has 194 valence electrons. The summed E-state index contributed by atoms with van der Waals surface area (Å²) in [5, 5.41) is 11.2. The molecule has 9 heteroatoms. The second-order valence-corrected chi connectivity index (χ2v) is 9.83. The van der Waals surface area contributed by atoms with E-state index in [0.29, 0.717) is 50.5 Å². The van der Waals surface area contributed by atoms with Crippen LogP contribution in [0.3, 0.4) is 0 Å². The first kappa shape index (κ1) is 27.5. The molecule has 0 bridgehead atoms. The highest BCUT2D eigenvalue weighted by Gasteiger charge is 2.42. The fourth-order valence-corrected chi connectivity index (χ4v) is 4.27. The van der Waals surface area contributed by atoms with E-state index in [9.17, 15) is 14.0 Å². The Morgan fingerprint density at radius 3 is 2.69 bits per heavy atom. The van der Waals surface area contributed by atoms with E-state index < -0.39 is 23.4 Å². The molecule has 2 aliphatic rings. The summed E-state index contributed by atoms with van der Waals surface area (Å²) in [7, 11) is 0. The lowest BCUT2D eigenvalue weighted by atomic mass is 10.00. The maximum absolute atomic E-state index is 14.6. The normalized spacial score (nSPS) is 19.1. The average Bonchev–Trinajstić information content (AvgIpc) is 3.44. The van der Waals surface area contributed by atoms with Gasteiger partial charge in [-0.3, -0.25) is 14.6 Å². The van der Waals surface area contributed by atoms with Crippen molar-refractivity contribution in [1.29, 1.82) is 0 Å². The van der Waals surface area contributed by atoms with Crippen LogP contribution < -0.4 is 5.32 Å². The lowest BCUT2D eigenvalue weighted by molar-refractivity contribution is -0.139. The Bertz CT molecular complexity index is 1000. The first-order valence-electron chi connectivity index (χ1n) is 12.6. The van der Waals surface area contributed by atoms with Crippen LogP contribution in [0.1, 0.15) is 63.8 Å². The maximum Gasteiger partial charge on any atom is 0.283 e. The van der Waals surface area contributed by atoms with Crippen LogP contribution in [-0.4, -0.2) is 53.7 Å². The molecular formula is C27H36FN5O3. The lowest BCUT2D eigenvalue weighted by Crippen LogP contribution is -2.46. The van der Waals surface area contributed by atoms with Gasteiger partial charge in [-0.2, -0.15) is 10.2 Å². The van der Waals surface area contributed by atoms with E-state index >= 15 is 0 Å². The second kappa shape index (κ2) is 12.7. The molecule has 8 nitrogen and oxygen atoms in total. The Morgan fingerprint density at radius 2 is 2.14 bits per heavy atom. The van der Waals surface area contributed by atoms with Crippen LogP contribution >= 0.6 is 0 Å². The highest BCUT2D eigenvalue weighted by Crippen LogP contribution is 2.38. The first-order valence-corrected chi connectivity index (χ1v) is 12.6. The highest BCUT2D eigenvalue weighted by molar-refractivity contribution is 5.95. The second-order valence-electron chi connectivity index (χ2n) is 9.83. The van der Waals surface area contributed by atoms with Crippen LogP contribution in [0.5, 0.6) is 0 Å². The predicted molar refractivity (Wildman–Crippen MR) is 134 cm³/mol. The van der Waals surface area contributed by atoms with E-state index in [1.54, 1.807) is 12.3 Å². The molecule has 1 N–H and O–H groups in total. The third-order valence-electron chi connectivity index (χ3n) is 6.45. The first-order chi connectivity index (χ1) is 17.3. The molecule has 1 saturated heterocycles. The van der Waals surface area contributed by atoms with Gasteiger partial charge in [-0.05, 0) is 37.8 Å². The van der Waals surface area contributed by atoms with Crippen LogP contribution in [-0.2, 0) is 20.7 Å². The van der Waals surface area contributed by atoms with Crippen LogP contribution in [0.15, 0.2) is 40.5 Å². The number of amides is 2. The number of terminal acetylenes is 1. The van der Waals surface area contributed by atoms with Gasteiger partial charge in [0.1, 0.15) is 6.04 Å². The van der Waals surface area contributed by atoms with Crippen LogP contribution in [0.4, 0.5) is 4.39 Å². The van der Waals surface area contributed by atoms with E-state index in [0.717, 1.165) is 24.6 Å². The molecule has 0 aromatic carbocycles. The summed E-state index contributed by atoms with van der Waals surface area (Å²) in [6.07, 6.45) is 11.1. The molecule has 2 amide bonds. The number of aromatic nitrogens is 1. The minimum absolute atomic E-state index is 0.0794. The molecule has 1 aromatic rings. The third-order valence-corrected chi connectivity index (χ3v) is 6.45. The Kier molecular flexibility index (Phi) is 9.71. The molecule has 2 aliphatic heterocycles. The number of carbonyl (C=O) groups excluding carboxylic acids is 2. The summed E-state index contributed by atoms with van der Waals surface area (Å²) >= 11 is 0. The Hall–Kier alpha value is -3.12. The molecule has 2 unspecified atom stereocenters. The lowest BCUT2D eigenvalue weighted by Gasteiger charge is -2.31. The zero-order chi connectivity index (χ0) is 26.1. The molecule has 2 atom stereocenters. The van der Waals surface area contributed by atoms with Gasteiger partial charge in [-0.1, -0.05) is 19.9 Å². The molecule has 1 aromatic heterocycles. The standard InChI is InChI=1S/C27H36FN5O3/c1-5-7-11-27(31-32-27)12-13-33(26(35)23(28)6-2)24(25(34)30-16-20-10-14-36-18-20)21-8-9-22(29-17-21)15-19(3)4/h1,6,8-9,17,19-20,24H,7,10-16,18H2,2-4H3,(H,30,34)/b23-6-. The van der Waals surface area contributed by atoms with Crippen molar-refractivity contribution in [2.24, 2.45) is 22.1 Å². The van der Waals surface area contributed by atoms with Gasteiger partial charge in [-0.25, -0.2) is 4.39 Å². The van der Waals surface area contributed by atoms with Crippen LogP contribution in [0.2, 0.25) is 0 Å². The van der Waals surface area contributed by atoms with Crippen LogP contribution in [0, 0.1) is 24.2 Å². The van der Waals surface area contributed by atoms with E-state index in [2.05, 4.69) is 40.3 Å². The van der Waals surface area contributed by atoms with Gasteiger partial charge in [0.2, 0.25) is 5.91 Å². The molecule has 1 fully saturated rings. The number of ether oxygens (including phenoxy) is 1. The third kappa shape index (κ3) is 7.44. The van der Waals surface area contributed by atoms with Crippen molar-refractivity contribution in [3.05, 3.63) is 41.5 Å². The molecule has 0 radical (unpaired) electrons. The summed E-state index contributed by atoms with van der Waals surface area (Å²) in [6.45, 7) is 7.38. The molecule has 3 rings (SSSR count). The molecule has 0 saturated carbocycles. The largest absolute Gasteiger partial charge is 0.381 e. The Balaban J connectivity index is 1.88. The van der Waals surface area contributed by atoms with Gasteiger partial charge in [0, 0.05) is 62.3 Å². The quantitative estimate of drug-likeness (QED) is 0.327. The summed E-state index contributed by atoms with van der Waals surface area (Å²) in [6, 6.07) is 2.59. The molecular weight excluding hydrogens is 461 g/mol. The monoisotopic (exact) mass is 497 g/mol. The smallest absolute Gasteiger partial charge is 0.283 e. The van der Waals surface area contributed by atoms with Gasteiger partial charge in [-0.15, -0.1) is 12.3 Å². The molecule has 36 heavy (non-hydrogen) atoms. The van der Waals surface area contributed by atoms with Gasteiger partial charge >= 0.3 is 0 Å². The zero-order valence-corrected chi connectivity index (χ0v) is 21.4. The number of allylic oxidation sites excluding steroid dienone is 1. The predicted octanol–water partition coefficient (Wildman–Crippen LogP) is 4.14. The summed E-state index contributed by atoms with van der Waals surface area (Å²) in [5.74, 6) is 1.02. The number of rotatable bonds is 13. The van der Waals surface area contributed by atoms with Gasteiger partial charge in [0.05, 0.1) is 6.61 Å². The van der Waals surface area contributed by atoms with Crippen molar-refractivity contribution in [2.75, 3.05) is 26.3 Å². The fourth-order valence-electron chi connectivity index (χ4n) is 4.27. The number of nitrogens with zero attached hydrogens (tertiary/aromatic N) is 4. The maximum atomic E-state index is 14.6. The van der Waals surface area contributed by atoms with Crippen molar-refractivity contribution in [3.63, 3.8) is 0 Å². The van der Waals surface area contributed by atoms with Crippen molar-refractivity contribution in [2.45, 2.75) is 64.6 Å². The Morgan fingerprint density at radius 1 is 1.36 bits per heavy atom. The molecule has 0 aliphatic carbocycles. The van der Waals surface area contributed by atoms with Crippen molar-refractivity contribution >= 4 is 11.8 Å². The average molecular weight is 498 g/mol. The van der Waals surface area contributed by atoms with E-state index in [4.69, 9.17) is 11.2 Å². The fraction of sp³-hybridized carbons (Fsp3) is 0.593. The summed E-state index contributed by atoms with van der Waals surface area (Å²) < 4.78 is 20.0. The minimum atomic E-state index is -1.06. The highest BCUT2D eigenvalue weighted by atomic mass is 19.1. The van der Waals surface area contributed by atoms with E-state index in [1.165, 1.54) is 11.8 Å². The topological polar surface area (TPSA) is 96.2 Å².